The van der Waals surface area contributed by atoms with Gasteiger partial charge in [-0.25, -0.2) is 0 Å². The molecule has 0 aliphatic heterocycles. The average molecular weight is 272 g/mol. The predicted octanol–water partition coefficient (Wildman–Crippen LogP) is 2.90. The lowest BCUT2D eigenvalue weighted by molar-refractivity contribution is 0.474. The van der Waals surface area contributed by atoms with Crippen molar-refractivity contribution in [2.24, 2.45) is 0 Å². The van der Waals surface area contributed by atoms with Gasteiger partial charge >= 0.3 is 0 Å². The average Bonchev–Trinajstić information content (AvgIpc) is 2.37. The van der Waals surface area contributed by atoms with Gasteiger partial charge in [-0.3, -0.25) is 0 Å². The largest absolute Gasteiger partial charge is 0.506 e. The van der Waals surface area contributed by atoms with Crippen LogP contribution in [0.3, 0.4) is 0 Å². The Morgan fingerprint density at radius 1 is 0.650 bits per heavy atom. The van der Waals surface area contributed by atoms with Crippen LogP contribution in [-0.4, -0.2) is 38.4 Å². The van der Waals surface area contributed by atoms with Gasteiger partial charge in [-0.05, 0) is 35.4 Å². The fourth-order valence-electron chi connectivity index (χ4n) is 2.16. The van der Waals surface area contributed by atoms with Crippen LogP contribution in [0, 0.1) is 0 Å². The van der Waals surface area contributed by atoms with Crippen molar-refractivity contribution in [1.82, 2.24) is 0 Å². The molecule has 0 bridgehead atoms. The van der Waals surface area contributed by atoms with Crippen LogP contribution in [0.15, 0.2) is 36.4 Å². The Bertz CT molecular complexity index is 566. The van der Waals surface area contributed by atoms with Gasteiger partial charge in [0.2, 0.25) is 0 Å². The van der Waals surface area contributed by atoms with E-state index in [4.69, 9.17) is 0 Å². The summed E-state index contributed by atoms with van der Waals surface area (Å²) < 4.78 is 0. The number of benzene rings is 2. The third-order valence-electron chi connectivity index (χ3n) is 3.25. The molecule has 2 N–H and O–H groups in total. The van der Waals surface area contributed by atoms with Crippen molar-refractivity contribution in [2.45, 2.75) is 0 Å². The molecule has 0 amide bonds. The SMILES string of the molecule is CN(C)c1ccc(-c2ccc(N(C)C)c(O)c2)cc1O. The van der Waals surface area contributed by atoms with E-state index < -0.39 is 0 Å². The fourth-order valence-corrected chi connectivity index (χ4v) is 2.16. The number of hydrogen-bond donors (Lipinski definition) is 2. The molecule has 20 heavy (non-hydrogen) atoms. The number of hydrogen-bond acceptors (Lipinski definition) is 4. The number of phenolic OH excluding ortho intramolecular Hbond substituents is 2. The highest BCUT2D eigenvalue weighted by molar-refractivity contribution is 5.74. The van der Waals surface area contributed by atoms with E-state index in [1.807, 2.05) is 62.3 Å². The minimum absolute atomic E-state index is 0.226. The quantitative estimate of drug-likeness (QED) is 0.902. The highest BCUT2D eigenvalue weighted by Crippen LogP contribution is 2.35. The maximum absolute atomic E-state index is 10.0. The van der Waals surface area contributed by atoms with Crippen LogP contribution >= 0.6 is 0 Å². The Morgan fingerprint density at radius 3 is 1.25 bits per heavy atom. The molecular formula is C16H20N2O2. The van der Waals surface area contributed by atoms with Gasteiger partial charge in [0, 0.05) is 28.2 Å². The van der Waals surface area contributed by atoms with Crippen molar-refractivity contribution < 1.29 is 10.2 Å². The molecule has 4 heteroatoms. The van der Waals surface area contributed by atoms with Crippen LogP contribution in [-0.2, 0) is 0 Å². The van der Waals surface area contributed by atoms with Gasteiger partial charge in [0.25, 0.3) is 0 Å². The Kier molecular flexibility index (Phi) is 3.74. The number of anilines is 2. The first-order valence-corrected chi connectivity index (χ1v) is 6.41. The summed E-state index contributed by atoms with van der Waals surface area (Å²) in [6, 6.07) is 11.0. The Balaban J connectivity index is 2.42. The summed E-state index contributed by atoms with van der Waals surface area (Å²) in [6.07, 6.45) is 0. The summed E-state index contributed by atoms with van der Waals surface area (Å²) in [7, 11) is 7.53. The molecule has 2 rings (SSSR count). The van der Waals surface area contributed by atoms with E-state index in [-0.39, 0.29) is 11.5 Å². The number of aromatic hydroxyl groups is 2. The molecule has 106 valence electrons. The smallest absolute Gasteiger partial charge is 0.139 e. The molecule has 0 unspecified atom stereocenters. The van der Waals surface area contributed by atoms with Crippen LogP contribution in [0.1, 0.15) is 0 Å². The summed E-state index contributed by atoms with van der Waals surface area (Å²) in [5.74, 6) is 0.451. The predicted molar refractivity (Wildman–Crippen MR) is 83.9 cm³/mol. The van der Waals surface area contributed by atoms with Gasteiger partial charge in [-0.15, -0.1) is 0 Å². The molecular weight excluding hydrogens is 252 g/mol. The molecule has 0 aliphatic carbocycles. The molecule has 0 saturated heterocycles. The second-order valence-corrected chi connectivity index (χ2v) is 5.20. The highest BCUT2D eigenvalue weighted by Gasteiger charge is 2.09. The van der Waals surface area contributed by atoms with Crippen molar-refractivity contribution in [3.05, 3.63) is 36.4 Å². The molecule has 4 nitrogen and oxygen atoms in total. The molecule has 0 aliphatic rings. The van der Waals surface area contributed by atoms with Gasteiger partial charge in [0.05, 0.1) is 11.4 Å². The first kappa shape index (κ1) is 14.1. The molecule has 0 saturated carbocycles. The van der Waals surface area contributed by atoms with E-state index >= 15 is 0 Å². The van der Waals surface area contributed by atoms with Gasteiger partial charge in [0.1, 0.15) is 11.5 Å². The van der Waals surface area contributed by atoms with E-state index in [0.717, 1.165) is 22.5 Å². The second kappa shape index (κ2) is 5.33. The minimum atomic E-state index is 0.226. The molecule has 0 heterocycles. The van der Waals surface area contributed by atoms with Gasteiger partial charge in [-0.2, -0.15) is 0 Å². The van der Waals surface area contributed by atoms with Crippen molar-refractivity contribution in [1.29, 1.82) is 0 Å². The summed E-state index contributed by atoms with van der Waals surface area (Å²) in [5.41, 5.74) is 3.27. The number of rotatable bonds is 3. The van der Waals surface area contributed by atoms with E-state index in [2.05, 4.69) is 0 Å². The van der Waals surface area contributed by atoms with Crippen molar-refractivity contribution in [3.8, 4) is 22.6 Å². The zero-order valence-electron chi connectivity index (χ0n) is 12.3. The monoisotopic (exact) mass is 272 g/mol. The zero-order chi connectivity index (χ0) is 14.9. The van der Waals surface area contributed by atoms with Crippen molar-refractivity contribution in [3.63, 3.8) is 0 Å². The normalized spacial score (nSPS) is 10.4. The zero-order valence-corrected chi connectivity index (χ0v) is 12.3. The third kappa shape index (κ3) is 2.64. The van der Waals surface area contributed by atoms with Gasteiger partial charge < -0.3 is 20.0 Å². The lowest BCUT2D eigenvalue weighted by Gasteiger charge is -2.17. The first-order valence-electron chi connectivity index (χ1n) is 6.41. The van der Waals surface area contributed by atoms with Gasteiger partial charge in [0.15, 0.2) is 0 Å². The lowest BCUT2D eigenvalue weighted by atomic mass is 10.0. The Hall–Kier alpha value is -2.36. The summed E-state index contributed by atoms with van der Waals surface area (Å²) in [4.78, 5) is 3.71. The maximum Gasteiger partial charge on any atom is 0.139 e. The second-order valence-electron chi connectivity index (χ2n) is 5.20. The molecule has 0 spiro atoms. The molecule has 0 atom stereocenters. The molecule has 0 radical (unpaired) electrons. The van der Waals surface area contributed by atoms with E-state index in [1.165, 1.54) is 0 Å². The molecule has 2 aromatic carbocycles. The molecule has 0 aromatic heterocycles. The number of phenols is 2. The van der Waals surface area contributed by atoms with E-state index in [9.17, 15) is 10.2 Å². The Labute approximate surface area is 119 Å². The molecule has 0 fully saturated rings. The van der Waals surface area contributed by atoms with Crippen molar-refractivity contribution in [2.75, 3.05) is 38.0 Å². The van der Waals surface area contributed by atoms with Crippen LogP contribution < -0.4 is 9.80 Å². The third-order valence-corrected chi connectivity index (χ3v) is 3.25. The summed E-state index contributed by atoms with van der Waals surface area (Å²) >= 11 is 0. The van der Waals surface area contributed by atoms with Crippen LogP contribution in [0.25, 0.3) is 11.1 Å². The van der Waals surface area contributed by atoms with Gasteiger partial charge in [-0.1, -0.05) is 12.1 Å². The summed E-state index contributed by atoms with van der Waals surface area (Å²) in [5, 5.41) is 20.0. The minimum Gasteiger partial charge on any atom is -0.506 e. The highest BCUT2D eigenvalue weighted by atomic mass is 16.3. The van der Waals surface area contributed by atoms with Crippen LogP contribution in [0.2, 0.25) is 0 Å². The topological polar surface area (TPSA) is 46.9 Å². The standard InChI is InChI=1S/C16H20N2O2/c1-17(2)13-7-5-11(9-15(13)19)12-6-8-14(18(3)4)16(20)10-12/h5-10,19-20H,1-4H3. The molecule has 2 aromatic rings. The lowest BCUT2D eigenvalue weighted by Crippen LogP contribution is -2.09. The fraction of sp³-hybridized carbons (Fsp3) is 0.250. The number of nitrogens with zero attached hydrogens (tertiary/aromatic N) is 2. The summed E-state index contributed by atoms with van der Waals surface area (Å²) in [6.45, 7) is 0. The van der Waals surface area contributed by atoms with Crippen LogP contribution in [0.5, 0.6) is 11.5 Å². The van der Waals surface area contributed by atoms with E-state index in [1.54, 1.807) is 12.1 Å². The maximum atomic E-state index is 10.0. The first-order chi connectivity index (χ1) is 9.40. The van der Waals surface area contributed by atoms with E-state index in [0.29, 0.717) is 0 Å². The van der Waals surface area contributed by atoms with Crippen molar-refractivity contribution >= 4 is 11.4 Å². The Morgan fingerprint density at radius 2 is 1.00 bits per heavy atom. The van der Waals surface area contributed by atoms with Crippen LogP contribution in [0.4, 0.5) is 11.4 Å².